The Labute approximate surface area is 127 Å². The third kappa shape index (κ3) is 4.18. The average Bonchev–Trinajstić information content (AvgIpc) is 2.45. The summed E-state index contributed by atoms with van der Waals surface area (Å²) in [5, 5.41) is 6.75. The summed E-state index contributed by atoms with van der Waals surface area (Å²) in [4.78, 5) is 11.8. The van der Waals surface area contributed by atoms with Crippen molar-refractivity contribution in [2.45, 2.75) is 20.8 Å². The molecular formula is C17H23N3O. The molecule has 2 aromatic carbocycles. The van der Waals surface area contributed by atoms with E-state index in [0.717, 1.165) is 22.4 Å². The molecule has 112 valence electrons. The van der Waals surface area contributed by atoms with Gasteiger partial charge in [-0.3, -0.25) is 0 Å². The number of hydrogen-bond donors (Lipinski definition) is 2. The minimum absolute atomic E-state index is 0. The highest BCUT2D eigenvalue weighted by atomic mass is 16.2. The molecule has 0 aliphatic carbocycles. The Morgan fingerprint density at radius 3 is 2.29 bits per heavy atom. The van der Waals surface area contributed by atoms with Crippen molar-refractivity contribution in [3.8, 4) is 0 Å². The van der Waals surface area contributed by atoms with E-state index in [0.29, 0.717) is 0 Å². The maximum Gasteiger partial charge on any atom is 0.339 e. The van der Waals surface area contributed by atoms with Gasteiger partial charge in [0.15, 0.2) is 0 Å². The average molecular weight is 285 g/mol. The predicted molar refractivity (Wildman–Crippen MR) is 91.1 cm³/mol. The second-order valence-electron chi connectivity index (χ2n) is 5.00. The van der Waals surface area contributed by atoms with E-state index in [2.05, 4.69) is 15.8 Å². The van der Waals surface area contributed by atoms with Crippen LogP contribution in [0.1, 0.15) is 25.1 Å². The van der Waals surface area contributed by atoms with Gasteiger partial charge in [0.05, 0.1) is 6.21 Å². The molecule has 0 saturated carbocycles. The highest BCUT2D eigenvalue weighted by molar-refractivity contribution is 5.91. The Morgan fingerprint density at radius 1 is 1.05 bits per heavy atom. The summed E-state index contributed by atoms with van der Waals surface area (Å²) in [6.07, 6.45) is 1.61. The van der Waals surface area contributed by atoms with Crippen LogP contribution in [-0.2, 0) is 0 Å². The second-order valence-corrected chi connectivity index (χ2v) is 5.00. The first-order valence-electron chi connectivity index (χ1n) is 6.79. The Morgan fingerprint density at radius 2 is 1.67 bits per heavy atom. The summed E-state index contributed by atoms with van der Waals surface area (Å²) in [7, 11) is 0. The fraction of sp³-hybridized carbons (Fsp3) is 0.176. The molecule has 4 nitrogen and oxygen atoms in total. The first-order valence-corrected chi connectivity index (χ1v) is 6.79. The van der Waals surface area contributed by atoms with E-state index in [-0.39, 0.29) is 8.88 Å². The molecular weight excluding hydrogens is 262 g/mol. The number of carbonyl (C=O) groups excluding carboxylic acids is 1. The summed E-state index contributed by atoms with van der Waals surface area (Å²) in [5.41, 5.74) is 7.46. The number of carbonyl (C=O) groups is 1. The number of nitrogens with zero attached hydrogens (tertiary/aromatic N) is 1. The minimum atomic E-state index is -0.351. The zero-order valence-corrected chi connectivity index (χ0v) is 12.5. The second kappa shape index (κ2) is 6.70. The SMILES string of the molecule is Cc1ccc(/C=N/NC(=O)Nc2c(C)cccc2C)cc1.[HH].[HH]. The van der Waals surface area contributed by atoms with E-state index in [1.807, 2.05) is 63.2 Å². The van der Waals surface area contributed by atoms with E-state index in [9.17, 15) is 4.79 Å². The van der Waals surface area contributed by atoms with Gasteiger partial charge >= 0.3 is 6.03 Å². The van der Waals surface area contributed by atoms with Gasteiger partial charge in [-0.05, 0) is 37.5 Å². The monoisotopic (exact) mass is 285 g/mol. The van der Waals surface area contributed by atoms with Crippen molar-refractivity contribution in [2.24, 2.45) is 5.10 Å². The summed E-state index contributed by atoms with van der Waals surface area (Å²) >= 11 is 0. The zero-order chi connectivity index (χ0) is 15.2. The van der Waals surface area contributed by atoms with Crippen molar-refractivity contribution in [2.75, 3.05) is 5.32 Å². The van der Waals surface area contributed by atoms with Crippen LogP contribution in [0.2, 0.25) is 0 Å². The summed E-state index contributed by atoms with van der Waals surface area (Å²) < 4.78 is 0. The van der Waals surface area contributed by atoms with Crippen LogP contribution in [0, 0.1) is 20.8 Å². The van der Waals surface area contributed by atoms with E-state index >= 15 is 0 Å². The molecule has 0 unspecified atom stereocenters. The largest absolute Gasteiger partial charge is 0.339 e. The van der Waals surface area contributed by atoms with Gasteiger partial charge in [0.2, 0.25) is 0 Å². The lowest BCUT2D eigenvalue weighted by molar-refractivity contribution is 0.252. The van der Waals surface area contributed by atoms with Gasteiger partial charge in [-0.15, -0.1) is 0 Å². The van der Waals surface area contributed by atoms with Gasteiger partial charge in [0, 0.05) is 8.54 Å². The van der Waals surface area contributed by atoms with Crippen LogP contribution in [0.15, 0.2) is 47.6 Å². The normalized spacial score (nSPS) is 10.6. The smallest absolute Gasteiger partial charge is 0.306 e. The molecule has 4 heteroatoms. The van der Waals surface area contributed by atoms with Crippen molar-refractivity contribution < 1.29 is 7.65 Å². The molecule has 2 amide bonds. The zero-order valence-electron chi connectivity index (χ0n) is 12.5. The van der Waals surface area contributed by atoms with Crippen LogP contribution < -0.4 is 10.7 Å². The fourth-order valence-corrected chi connectivity index (χ4v) is 1.97. The van der Waals surface area contributed by atoms with Crippen molar-refractivity contribution >= 4 is 17.9 Å². The molecule has 0 aliphatic heterocycles. The number of urea groups is 1. The Bertz CT molecular complexity index is 650. The number of amides is 2. The van der Waals surface area contributed by atoms with E-state index in [4.69, 9.17) is 0 Å². The van der Waals surface area contributed by atoms with Crippen molar-refractivity contribution in [3.63, 3.8) is 0 Å². The number of anilines is 1. The van der Waals surface area contributed by atoms with Crippen LogP contribution in [0.5, 0.6) is 0 Å². The van der Waals surface area contributed by atoms with E-state index in [1.165, 1.54) is 5.56 Å². The summed E-state index contributed by atoms with van der Waals surface area (Å²) in [5.74, 6) is 0. The van der Waals surface area contributed by atoms with Gasteiger partial charge < -0.3 is 5.32 Å². The molecule has 0 atom stereocenters. The fourth-order valence-electron chi connectivity index (χ4n) is 1.97. The Hall–Kier alpha value is -2.62. The van der Waals surface area contributed by atoms with Crippen molar-refractivity contribution in [1.82, 2.24) is 5.43 Å². The number of hydrazone groups is 1. The molecule has 0 saturated heterocycles. The Balaban J connectivity index is 0.00000242. The number of nitrogens with one attached hydrogen (secondary N) is 2. The lowest BCUT2D eigenvalue weighted by Gasteiger charge is -2.10. The van der Waals surface area contributed by atoms with E-state index < -0.39 is 0 Å². The molecule has 0 radical (unpaired) electrons. The molecule has 2 rings (SSSR count). The maximum absolute atomic E-state index is 11.8. The number of benzene rings is 2. The first kappa shape index (κ1) is 14.8. The van der Waals surface area contributed by atoms with Gasteiger partial charge in [-0.25, -0.2) is 10.2 Å². The number of rotatable bonds is 3. The van der Waals surface area contributed by atoms with E-state index in [1.54, 1.807) is 6.21 Å². The molecule has 0 bridgehead atoms. The van der Waals surface area contributed by atoms with Crippen LogP contribution in [0.4, 0.5) is 10.5 Å². The molecule has 2 aromatic rings. The highest BCUT2D eigenvalue weighted by Crippen LogP contribution is 2.18. The molecule has 0 aliphatic rings. The molecule has 0 aromatic heterocycles. The summed E-state index contributed by atoms with van der Waals surface area (Å²) in [6.45, 7) is 5.94. The van der Waals surface area contributed by atoms with Gasteiger partial charge in [0.25, 0.3) is 0 Å². The molecule has 0 fully saturated rings. The number of aryl methyl sites for hydroxylation is 3. The molecule has 0 heterocycles. The van der Waals surface area contributed by atoms with Crippen LogP contribution in [-0.4, -0.2) is 12.2 Å². The topological polar surface area (TPSA) is 53.5 Å². The number of para-hydroxylation sites is 1. The molecule has 21 heavy (non-hydrogen) atoms. The lowest BCUT2D eigenvalue weighted by Crippen LogP contribution is -2.25. The third-order valence-corrected chi connectivity index (χ3v) is 3.18. The summed E-state index contributed by atoms with van der Waals surface area (Å²) in [6, 6.07) is 13.4. The van der Waals surface area contributed by atoms with Gasteiger partial charge in [-0.2, -0.15) is 5.10 Å². The predicted octanol–water partition coefficient (Wildman–Crippen LogP) is 4.26. The highest BCUT2D eigenvalue weighted by Gasteiger charge is 2.05. The van der Waals surface area contributed by atoms with Crippen LogP contribution in [0.3, 0.4) is 0 Å². The lowest BCUT2D eigenvalue weighted by atomic mass is 10.1. The maximum atomic E-state index is 11.8. The van der Waals surface area contributed by atoms with Gasteiger partial charge in [0.1, 0.15) is 0 Å². The molecule has 0 spiro atoms. The quantitative estimate of drug-likeness (QED) is 0.642. The van der Waals surface area contributed by atoms with Crippen LogP contribution >= 0.6 is 0 Å². The molecule has 2 N–H and O–H groups in total. The number of hydrogen-bond acceptors (Lipinski definition) is 2. The first-order chi connectivity index (χ1) is 10.1. The van der Waals surface area contributed by atoms with Crippen molar-refractivity contribution in [3.05, 3.63) is 64.7 Å². The van der Waals surface area contributed by atoms with Crippen molar-refractivity contribution in [1.29, 1.82) is 0 Å². The standard InChI is InChI=1S/C17H19N3O.2H2/c1-12-7-9-15(10-8-12)11-18-20-17(21)19-16-13(2)5-4-6-14(16)3;;/h4-11H,1-3H3,(H2,19,20,21);2*1H/b18-11+;;. The Kier molecular flexibility index (Phi) is 4.72. The minimum Gasteiger partial charge on any atom is -0.306 e. The van der Waals surface area contributed by atoms with Crippen LogP contribution in [0.25, 0.3) is 0 Å². The third-order valence-electron chi connectivity index (χ3n) is 3.18. The van der Waals surface area contributed by atoms with Gasteiger partial charge in [-0.1, -0.05) is 48.0 Å².